The highest BCUT2D eigenvalue weighted by molar-refractivity contribution is 14.1. The van der Waals surface area contributed by atoms with E-state index in [0.717, 1.165) is 9.39 Å². The Morgan fingerprint density at radius 3 is 2.89 bits per heavy atom. The zero-order valence-corrected chi connectivity index (χ0v) is 12.3. The van der Waals surface area contributed by atoms with Crippen LogP contribution in [0.1, 0.15) is 22.0 Å². The van der Waals surface area contributed by atoms with Crippen LogP contribution >= 0.6 is 22.6 Å². The van der Waals surface area contributed by atoms with Crippen molar-refractivity contribution in [2.24, 2.45) is 0 Å². The molecule has 0 saturated carbocycles. The van der Waals surface area contributed by atoms with Crippen LogP contribution in [0.3, 0.4) is 0 Å². The number of hydrogen-bond donors (Lipinski definition) is 1. The summed E-state index contributed by atoms with van der Waals surface area (Å²) in [6.07, 6.45) is 0. The predicted octanol–water partition coefficient (Wildman–Crippen LogP) is 1.99. The maximum absolute atomic E-state index is 12.2. The Hall–Kier alpha value is -1.44. The van der Waals surface area contributed by atoms with E-state index in [4.69, 9.17) is 0 Å². The van der Waals surface area contributed by atoms with Gasteiger partial charge in [-0.15, -0.1) is 0 Å². The van der Waals surface area contributed by atoms with Gasteiger partial charge in [0.1, 0.15) is 5.82 Å². The van der Waals surface area contributed by atoms with Gasteiger partial charge in [0.2, 0.25) is 0 Å². The summed E-state index contributed by atoms with van der Waals surface area (Å²) in [4.78, 5) is 18.0. The van der Waals surface area contributed by atoms with Crippen LogP contribution in [0.5, 0.6) is 0 Å². The summed E-state index contributed by atoms with van der Waals surface area (Å²) in [7, 11) is 1.74. The minimum Gasteiger partial charge on any atom is -0.334 e. The van der Waals surface area contributed by atoms with Crippen LogP contribution in [-0.4, -0.2) is 33.0 Å². The first-order valence-electron chi connectivity index (χ1n) is 5.45. The third-order valence-electron chi connectivity index (χ3n) is 2.44. The Labute approximate surface area is 119 Å². The second kappa shape index (κ2) is 5.47. The van der Waals surface area contributed by atoms with Gasteiger partial charge in [-0.25, -0.2) is 4.98 Å². The van der Waals surface area contributed by atoms with Crippen LogP contribution in [0, 0.1) is 10.5 Å². The number of aromatic amines is 1. The van der Waals surface area contributed by atoms with Crippen molar-refractivity contribution in [3.63, 3.8) is 0 Å². The first-order valence-corrected chi connectivity index (χ1v) is 6.53. The number of nitrogens with one attached hydrogen (secondary N) is 1. The van der Waals surface area contributed by atoms with Crippen molar-refractivity contribution < 1.29 is 4.79 Å². The summed E-state index contributed by atoms with van der Waals surface area (Å²) < 4.78 is 1.04. The number of rotatable bonds is 3. The van der Waals surface area contributed by atoms with Gasteiger partial charge in [0.15, 0.2) is 5.82 Å². The normalized spacial score (nSPS) is 10.4. The quantitative estimate of drug-likeness (QED) is 0.856. The van der Waals surface area contributed by atoms with Crippen molar-refractivity contribution >= 4 is 28.5 Å². The van der Waals surface area contributed by atoms with Gasteiger partial charge in [0.25, 0.3) is 5.91 Å². The highest BCUT2D eigenvalue weighted by atomic mass is 127. The monoisotopic (exact) mass is 356 g/mol. The Morgan fingerprint density at radius 1 is 1.50 bits per heavy atom. The number of hydrogen-bond acceptors (Lipinski definition) is 3. The first kappa shape index (κ1) is 13.0. The standard InChI is InChI=1S/C12H13IN4O/c1-8-14-11(16-15-8)7-17(2)12(18)9-4-3-5-10(13)6-9/h3-6H,7H2,1-2H3,(H,14,15,16). The Bertz CT molecular complexity index is 567. The molecule has 94 valence electrons. The van der Waals surface area contributed by atoms with E-state index in [0.29, 0.717) is 17.9 Å². The zero-order valence-electron chi connectivity index (χ0n) is 10.1. The van der Waals surface area contributed by atoms with Gasteiger partial charge >= 0.3 is 0 Å². The number of benzene rings is 1. The largest absolute Gasteiger partial charge is 0.334 e. The van der Waals surface area contributed by atoms with E-state index in [1.54, 1.807) is 11.9 Å². The average molecular weight is 356 g/mol. The summed E-state index contributed by atoms with van der Waals surface area (Å²) in [6, 6.07) is 7.50. The number of halogens is 1. The fraction of sp³-hybridized carbons (Fsp3) is 0.250. The van der Waals surface area contributed by atoms with Crippen LogP contribution in [0.15, 0.2) is 24.3 Å². The molecule has 0 spiro atoms. The Kier molecular flexibility index (Phi) is 3.95. The fourth-order valence-corrected chi connectivity index (χ4v) is 2.13. The van der Waals surface area contributed by atoms with E-state index in [9.17, 15) is 4.79 Å². The van der Waals surface area contributed by atoms with Gasteiger partial charge in [-0.3, -0.25) is 9.89 Å². The second-order valence-corrected chi connectivity index (χ2v) is 5.25. The molecular formula is C12H13IN4O. The van der Waals surface area contributed by atoms with E-state index in [1.165, 1.54) is 0 Å². The summed E-state index contributed by atoms with van der Waals surface area (Å²) in [5, 5.41) is 6.78. The van der Waals surface area contributed by atoms with Crippen molar-refractivity contribution in [1.29, 1.82) is 0 Å². The number of aryl methyl sites for hydroxylation is 1. The number of amides is 1. The van der Waals surface area contributed by atoms with Crippen molar-refractivity contribution in [2.45, 2.75) is 13.5 Å². The molecule has 0 radical (unpaired) electrons. The second-order valence-electron chi connectivity index (χ2n) is 4.01. The lowest BCUT2D eigenvalue weighted by Gasteiger charge is -2.15. The molecule has 5 nitrogen and oxygen atoms in total. The number of nitrogens with zero attached hydrogens (tertiary/aromatic N) is 3. The summed E-state index contributed by atoms with van der Waals surface area (Å²) in [5.74, 6) is 1.34. The third-order valence-corrected chi connectivity index (χ3v) is 3.11. The van der Waals surface area contributed by atoms with Gasteiger partial charge in [0, 0.05) is 16.2 Å². The minimum atomic E-state index is -0.0315. The van der Waals surface area contributed by atoms with Crippen LogP contribution < -0.4 is 0 Å². The van der Waals surface area contributed by atoms with E-state index < -0.39 is 0 Å². The summed E-state index contributed by atoms with van der Waals surface area (Å²) in [6.45, 7) is 2.23. The van der Waals surface area contributed by atoms with E-state index >= 15 is 0 Å². The lowest BCUT2D eigenvalue weighted by molar-refractivity contribution is 0.0781. The van der Waals surface area contributed by atoms with Crippen molar-refractivity contribution in [3.05, 3.63) is 45.0 Å². The Morgan fingerprint density at radius 2 is 2.28 bits per heavy atom. The number of carbonyl (C=O) groups is 1. The number of carbonyl (C=O) groups excluding carboxylic acids is 1. The minimum absolute atomic E-state index is 0.0315. The molecule has 2 rings (SSSR count). The lowest BCUT2D eigenvalue weighted by Crippen LogP contribution is -2.26. The number of aromatic nitrogens is 3. The average Bonchev–Trinajstić information content (AvgIpc) is 2.73. The molecule has 1 heterocycles. The van der Waals surface area contributed by atoms with Crippen LogP contribution in [0.25, 0.3) is 0 Å². The van der Waals surface area contributed by atoms with E-state index in [-0.39, 0.29) is 5.91 Å². The molecule has 0 aliphatic carbocycles. The molecule has 2 aromatic rings. The van der Waals surface area contributed by atoms with E-state index in [2.05, 4.69) is 37.8 Å². The highest BCUT2D eigenvalue weighted by Gasteiger charge is 2.13. The molecule has 0 atom stereocenters. The molecule has 1 N–H and O–H groups in total. The maximum atomic E-state index is 12.2. The van der Waals surface area contributed by atoms with E-state index in [1.807, 2.05) is 31.2 Å². The maximum Gasteiger partial charge on any atom is 0.254 e. The zero-order chi connectivity index (χ0) is 13.1. The SMILES string of the molecule is Cc1nc(CN(C)C(=O)c2cccc(I)c2)n[nH]1. The predicted molar refractivity (Wildman–Crippen MR) is 76.1 cm³/mol. The fourth-order valence-electron chi connectivity index (χ4n) is 1.59. The van der Waals surface area contributed by atoms with Gasteiger partial charge in [0.05, 0.1) is 6.54 Å². The molecule has 0 unspecified atom stereocenters. The lowest BCUT2D eigenvalue weighted by atomic mass is 10.2. The molecule has 1 amide bonds. The highest BCUT2D eigenvalue weighted by Crippen LogP contribution is 2.10. The van der Waals surface area contributed by atoms with Gasteiger partial charge in [-0.1, -0.05) is 6.07 Å². The molecule has 1 aromatic heterocycles. The van der Waals surface area contributed by atoms with Gasteiger partial charge in [-0.05, 0) is 47.7 Å². The topological polar surface area (TPSA) is 61.9 Å². The van der Waals surface area contributed by atoms with Crippen molar-refractivity contribution in [2.75, 3.05) is 7.05 Å². The molecule has 0 saturated heterocycles. The molecule has 18 heavy (non-hydrogen) atoms. The molecule has 1 aromatic carbocycles. The third kappa shape index (κ3) is 3.06. The number of H-pyrrole nitrogens is 1. The van der Waals surface area contributed by atoms with Crippen LogP contribution in [0.4, 0.5) is 0 Å². The molecular weight excluding hydrogens is 343 g/mol. The van der Waals surface area contributed by atoms with Crippen LogP contribution in [-0.2, 0) is 6.54 Å². The molecule has 0 bridgehead atoms. The van der Waals surface area contributed by atoms with Gasteiger partial charge < -0.3 is 4.90 Å². The van der Waals surface area contributed by atoms with Crippen LogP contribution in [0.2, 0.25) is 0 Å². The molecule has 0 aliphatic rings. The molecule has 0 aliphatic heterocycles. The van der Waals surface area contributed by atoms with Crippen molar-refractivity contribution in [3.8, 4) is 0 Å². The molecule has 6 heteroatoms. The summed E-state index contributed by atoms with van der Waals surface area (Å²) >= 11 is 2.19. The first-order chi connectivity index (χ1) is 8.56. The smallest absolute Gasteiger partial charge is 0.254 e. The van der Waals surface area contributed by atoms with Gasteiger partial charge in [-0.2, -0.15) is 5.10 Å². The molecule has 0 fully saturated rings. The summed E-state index contributed by atoms with van der Waals surface area (Å²) in [5.41, 5.74) is 0.677. The van der Waals surface area contributed by atoms with Crippen molar-refractivity contribution in [1.82, 2.24) is 20.1 Å². The Balaban J connectivity index is 2.09.